The molecule has 9 heteroatoms. The first-order valence-electron chi connectivity index (χ1n) is 9.41. The minimum atomic E-state index is -3.70. The van der Waals surface area contributed by atoms with E-state index in [9.17, 15) is 18.0 Å². The van der Waals surface area contributed by atoms with Gasteiger partial charge in [-0.3, -0.25) is 4.79 Å². The van der Waals surface area contributed by atoms with Crippen molar-refractivity contribution in [2.45, 2.75) is 44.0 Å². The molecule has 1 aliphatic rings. The molecule has 0 unspecified atom stereocenters. The number of sulfonamides is 1. The van der Waals surface area contributed by atoms with Gasteiger partial charge in [0.1, 0.15) is 0 Å². The molecule has 1 fully saturated rings. The summed E-state index contributed by atoms with van der Waals surface area (Å²) < 4.78 is 31.2. The lowest BCUT2D eigenvalue weighted by atomic mass is 10.1. The highest BCUT2D eigenvalue weighted by molar-refractivity contribution is 7.89. The van der Waals surface area contributed by atoms with Crippen molar-refractivity contribution in [3.05, 3.63) is 23.8 Å². The molecule has 156 valence electrons. The summed E-state index contributed by atoms with van der Waals surface area (Å²) in [4.78, 5) is 26.6. The Hall–Kier alpha value is -2.13. The Morgan fingerprint density at radius 3 is 2.39 bits per heavy atom. The predicted octanol–water partition coefficient (Wildman–Crippen LogP) is 1.61. The van der Waals surface area contributed by atoms with Gasteiger partial charge >= 0.3 is 5.97 Å². The number of benzene rings is 1. The average molecular weight is 412 g/mol. The number of esters is 1. The zero-order valence-corrected chi connectivity index (χ0v) is 17.7. The Labute approximate surface area is 166 Å². The molecule has 0 atom stereocenters. The highest BCUT2D eigenvalue weighted by Crippen LogP contribution is 2.28. The second kappa shape index (κ2) is 9.38. The first-order valence-corrected chi connectivity index (χ1v) is 10.8. The Morgan fingerprint density at radius 1 is 1.18 bits per heavy atom. The monoisotopic (exact) mass is 411 g/mol. The van der Waals surface area contributed by atoms with Crippen LogP contribution in [0.1, 0.15) is 43.5 Å². The van der Waals surface area contributed by atoms with E-state index < -0.39 is 28.5 Å². The second-order valence-electron chi connectivity index (χ2n) is 7.31. The van der Waals surface area contributed by atoms with Gasteiger partial charge in [0, 0.05) is 33.2 Å². The van der Waals surface area contributed by atoms with Gasteiger partial charge in [-0.05, 0) is 51.3 Å². The van der Waals surface area contributed by atoms with E-state index in [0.717, 1.165) is 36.7 Å². The number of hydrogen-bond donors (Lipinski definition) is 1. The molecular formula is C19H29N3O5S. The fourth-order valence-corrected chi connectivity index (χ4v) is 3.96. The SMILES string of the molecule is CC(C)NC(=O)COC(=O)c1cc(S(=O)(=O)N(C)C)ccc1N1CCCCC1. The number of rotatable bonds is 7. The van der Waals surface area contributed by atoms with Crippen molar-refractivity contribution in [1.82, 2.24) is 9.62 Å². The van der Waals surface area contributed by atoms with Crippen molar-refractivity contribution in [2.24, 2.45) is 0 Å². The standard InChI is InChI=1S/C19H29N3O5S/c1-14(2)20-18(23)13-27-19(24)16-12-15(28(25,26)21(3)4)8-9-17(16)22-10-6-5-7-11-22/h8-9,12,14H,5-7,10-11,13H2,1-4H3,(H,20,23). The van der Waals surface area contributed by atoms with Crippen LogP contribution in [0.15, 0.2) is 23.1 Å². The van der Waals surface area contributed by atoms with Crippen molar-refractivity contribution < 1.29 is 22.7 Å². The summed E-state index contributed by atoms with van der Waals surface area (Å²) in [5, 5.41) is 2.65. The van der Waals surface area contributed by atoms with Crippen molar-refractivity contribution in [3.63, 3.8) is 0 Å². The van der Waals surface area contributed by atoms with Crippen LogP contribution in [-0.4, -0.2) is 64.4 Å². The lowest BCUT2D eigenvalue weighted by Gasteiger charge is -2.30. The molecule has 1 heterocycles. The van der Waals surface area contributed by atoms with Crippen molar-refractivity contribution in [3.8, 4) is 0 Å². The molecule has 0 saturated carbocycles. The number of hydrogen-bond acceptors (Lipinski definition) is 6. The maximum Gasteiger partial charge on any atom is 0.340 e. The molecular weight excluding hydrogens is 382 g/mol. The van der Waals surface area contributed by atoms with Gasteiger partial charge in [-0.1, -0.05) is 0 Å². The third-order valence-corrected chi connectivity index (χ3v) is 6.26. The van der Waals surface area contributed by atoms with E-state index >= 15 is 0 Å². The fraction of sp³-hybridized carbons (Fsp3) is 0.579. The van der Waals surface area contributed by atoms with Crippen LogP contribution >= 0.6 is 0 Å². The molecule has 0 radical (unpaired) electrons. The largest absolute Gasteiger partial charge is 0.452 e. The fourth-order valence-electron chi connectivity index (χ4n) is 3.03. The van der Waals surface area contributed by atoms with E-state index in [-0.39, 0.29) is 16.5 Å². The Balaban J connectivity index is 2.33. The maximum atomic E-state index is 12.7. The summed E-state index contributed by atoms with van der Waals surface area (Å²) in [6, 6.07) is 4.42. The quantitative estimate of drug-likeness (QED) is 0.685. The van der Waals surface area contributed by atoms with E-state index in [2.05, 4.69) is 10.2 Å². The van der Waals surface area contributed by atoms with Gasteiger partial charge in [0.15, 0.2) is 6.61 Å². The smallest absolute Gasteiger partial charge is 0.340 e. The molecule has 1 aromatic rings. The Kier molecular flexibility index (Phi) is 7.42. The summed E-state index contributed by atoms with van der Waals surface area (Å²) in [7, 11) is -0.834. The van der Waals surface area contributed by atoms with Crippen molar-refractivity contribution in [1.29, 1.82) is 0 Å². The molecule has 28 heavy (non-hydrogen) atoms. The van der Waals surface area contributed by atoms with Gasteiger partial charge in [-0.15, -0.1) is 0 Å². The van der Waals surface area contributed by atoms with Gasteiger partial charge < -0.3 is 15.0 Å². The van der Waals surface area contributed by atoms with E-state index in [1.807, 2.05) is 13.8 Å². The summed E-state index contributed by atoms with van der Waals surface area (Å²) in [6.45, 7) is 4.77. The third-order valence-electron chi connectivity index (χ3n) is 4.45. The molecule has 0 aromatic heterocycles. The summed E-state index contributed by atoms with van der Waals surface area (Å²) in [5.41, 5.74) is 0.786. The first kappa shape index (κ1) is 22.2. The number of anilines is 1. The van der Waals surface area contributed by atoms with Crippen LogP contribution in [-0.2, 0) is 19.6 Å². The predicted molar refractivity (Wildman–Crippen MR) is 107 cm³/mol. The number of carbonyl (C=O) groups excluding carboxylic acids is 2. The lowest BCUT2D eigenvalue weighted by Crippen LogP contribution is -2.34. The van der Waals surface area contributed by atoms with Crippen LogP contribution in [0.5, 0.6) is 0 Å². The first-order chi connectivity index (χ1) is 13.1. The number of ether oxygens (including phenoxy) is 1. The van der Waals surface area contributed by atoms with Crippen LogP contribution in [0.4, 0.5) is 5.69 Å². The maximum absolute atomic E-state index is 12.7. The second-order valence-corrected chi connectivity index (χ2v) is 9.46. The third kappa shape index (κ3) is 5.45. The molecule has 8 nitrogen and oxygen atoms in total. The van der Waals surface area contributed by atoms with Gasteiger partial charge in [0.25, 0.3) is 5.91 Å². The molecule has 1 aromatic carbocycles. The molecule has 1 saturated heterocycles. The molecule has 2 rings (SSSR count). The van der Waals surface area contributed by atoms with Crippen LogP contribution in [0.3, 0.4) is 0 Å². The van der Waals surface area contributed by atoms with E-state index in [4.69, 9.17) is 4.74 Å². The number of carbonyl (C=O) groups is 2. The van der Waals surface area contributed by atoms with E-state index in [0.29, 0.717) is 5.69 Å². The topological polar surface area (TPSA) is 96.0 Å². The molecule has 0 aliphatic carbocycles. The van der Waals surface area contributed by atoms with Crippen molar-refractivity contribution in [2.75, 3.05) is 38.7 Å². The number of piperidine rings is 1. The molecule has 0 bridgehead atoms. The number of amides is 1. The molecule has 1 amide bonds. The Morgan fingerprint density at radius 2 is 1.82 bits per heavy atom. The zero-order chi connectivity index (χ0) is 20.9. The van der Waals surface area contributed by atoms with Gasteiger partial charge in [-0.2, -0.15) is 0 Å². The zero-order valence-electron chi connectivity index (χ0n) is 16.9. The number of nitrogens with one attached hydrogen (secondary N) is 1. The Bertz CT molecular complexity index is 815. The average Bonchev–Trinajstić information content (AvgIpc) is 2.65. The van der Waals surface area contributed by atoms with E-state index in [1.165, 1.54) is 26.2 Å². The van der Waals surface area contributed by atoms with Crippen LogP contribution < -0.4 is 10.2 Å². The summed E-state index contributed by atoms with van der Waals surface area (Å²) in [6.07, 6.45) is 3.13. The minimum Gasteiger partial charge on any atom is -0.452 e. The normalized spacial score (nSPS) is 15.0. The van der Waals surface area contributed by atoms with Gasteiger partial charge in [0.05, 0.1) is 16.1 Å². The molecule has 0 spiro atoms. The van der Waals surface area contributed by atoms with Crippen molar-refractivity contribution >= 4 is 27.6 Å². The summed E-state index contributed by atoms with van der Waals surface area (Å²) in [5.74, 6) is -1.12. The van der Waals surface area contributed by atoms with Gasteiger partial charge in [0.2, 0.25) is 10.0 Å². The highest BCUT2D eigenvalue weighted by Gasteiger charge is 2.25. The van der Waals surface area contributed by atoms with Crippen LogP contribution in [0, 0.1) is 0 Å². The minimum absolute atomic E-state index is 0.0110. The lowest BCUT2D eigenvalue weighted by molar-refractivity contribution is -0.124. The number of nitrogens with zero attached hydrogens (tertiary/aromatic N) is 2. The van der Waals surface area contributed by atoms with Crippen LogP contribution in [0.2, 0.25) is 0 Å². The van der Waals surface area contributed by atoms with E-state index in [1.54, 1.807) is 6.07 Å². The van der Waals surface area contributed by atoms with Crippen LogP contribution in [0.25, 0.3) is 0 Å². The van der Waals surface area contributed by atoms with Gasteiger partial charge in [-0.25, -0.2) is 17.5 Å². The summed E-state index contributed by atoms with van der Waals surface area (Å²) >= 11 is 0. The highest BCUT2D eigenvalue weighted by atomic mass is 32.2. The molecule has 1 aliphatic heterocycles. The molecule has 1 N–H and O–H groups in total.